The van der Waals surface area contributed by atoms with Crippen LogP contribution in [0.3, 0.4) is 0 Å². The molecule has 2 aromatic rings. The van der Waals surface area contributed by atoms with E-state index in [1.54, 1.807) is 0 Å². The number of hydrogen-bond acceptors (Lipinski definition) is 4. The number of amides is 3. The van der Waals surface area contributed by atoms with E-state index in [9.17, 15) is 19.2 Å². The fourth-order valence-corrected chi connectivity index (χ4v) is 3.47. The van der Waals surface area contributed by atoms with Crippen LogP contribution < -0.4 is 16.6 Å². The van der Waals surface area contributed by atoms with Gasteiger partial charge in [-0.2, -0.15) is 0 Å². The van der Waals surface area contributed by atoms with E-state index in [2.05, 4.69) is 5.32 Å². The number of benzene rings is 1. The van der Waals surface area contributed by atoms with Gasteiger partial charge in [0, 0.05) is 25.9 Å². The van der Waals surface area contributed by atoms with Crippen LogP contribution in [0.15, 0.2) is 46.0 Å². The molecular weight excluding hydrogens is 348 g/mol. The summed E-state index contributed by atoms with van der Waals surface area (Å²) in [4.78, 5) is 51.0. The van der Waals surface area contributed by atoms with E-state index in [4.69, 9.17) is 0 Å². The van der Waals surface area contributed by atoms with E-state index < -0.39 is 22.8 Å². The van der Waals surface area contributed by atoms with Crippen LogP contribution in [0.2, 0.25) is 0 Å². The second-order valence-corrected chi connectivity index (χ2v) is 6.72. The van der Waals surface area contributed by atoms with E-state index in [0.717, 1.165) is 9.47 Å². The molecule has 142 valence electrons. The van der Waals surface area contributed by atoms with Crippen molar-refractivity contribution in [3.8, 4) is 0 Å². The van der Waals surface area contributed by atoms with Crippen LogP contribution in [0.1, 0.15) is 31.0 Å². The molecule has 1 aromatic heterocycles. The van der Waals surface area contributed by atoms with Gasteiger partial charge in [0.25, 0.3) is 11.5 Å². The molecule has 1 aliphatic heterocycles. The Balaban J connectivity index is 2.02. The summed E-state index contributed by atoms with van der Waals surface area (Å²) in [5, 5.41) is 2.83. The van der Waals surface area contributed by atoms with E-state index in [1.165, 1.54) is 24.7 Å². The molecule has 3 rings (SSSR count). The van der Waals surface area contributed by atoms with Gasteiger partial charge in [-0.25, -0.2) is 9.59 Å². The van der Waals surface area contributed by atoms with Crippen molar-refractivity contribution in [3.63, 3.8) is 0 Å². The first-order valence-corrected chi connectivity index (χ1v) is 8.77. The highest BCUT2D eigenvalue weighted by molar-refractivity contribution is 6.07. The van der Waals surface area contributed by atoms with E-state index in [-0.39, 0.29) is 12.5 Å². The van der Waals surface area contributed by atoms with Gasteiger partial charge in [0.05, 0.1) is 6.54 Å². The molecule has 0 radical (unpaired) electrons. The molecule has 3 amide bonds. The smallest absolute Gasteiger partial charge is 0.319 e. The number of nitrogens with zero attached hydrogens (tertiary/aromatic N) is 3. The summed E-state index contributed by atoms with van der Waals surface area (Å²) in [5.74, 6) is -0.381. The Bertz CT molecular complexity index is 1010. The first-order chi connectivity index (χ1) is 12.8. The van der Waals surface area contributed by atoms with Gasteiger partial charge in [-0.15, -0.1) is 0 Å². The van der Waals surface area contributed by atoms with Crippen molar-refractivity contribution in [1.82, 2.24) is 19.4 Å². The third-order valence-corrected chi connectivity index (χ3v) is 5.01. The highest BCUT2D eigenvalue weighted by Gasteiger charge is 2.51. The molecule has 1 aliphatic rings. The SMILES string of the molecule is CCC[C@@]1(c2ccccc2)NC(=O)N(Cc2cc(=O)n(C)c(=O)n2C)C1=O. The molecule has 8 nitrogen and oxygen atoms in total. The van der Waals surface area contributed by atoms with Crippen molar-refractivity contribution in [3.05, 3.63) is 68.5 Å². The minimum Gasteiger partial charge on any atom is -0.319 e. The molecule has 0 saturated carbocycles. The molecule has 8 heteroatoms. The normalized spacial score (nSPS) is 19.4. The predicted molar refractivity (Wildman–Crippen MR) is 99.0 cm³/mol. The average molecular weight is 370 g/mol. The van der Waals surface area contributed by atoms with Gasteiger partial charge in [-0.3, -0.25) is 23.6 Å². The van der Waals surface area contributed by atoms with Crippen LogP contribution in [-0.4, -0.2) is 26.0 Å². The number of hydrogen-bond donors (Lipinski definition) is 1. The number of aromatic nitrogens is 2. The van der Waals surface area contributed by atoms with Crippen molar-refractivity contribution >= 4 is 11.9 Å². The fraction of sp³-hybridized carbons (Fsp3) is 0.368. The number of carbonyl (C=O) groups is 2. The first kappa shape index (κ1) is 18.6. The molecule has 0 aliphatic carbocycles. The summed E-state index contributed by atoms with van der Waals surface area (Å²) in [6.45, 7) is 1.79. The van der Waals surface area contributed by atoms with Gasteiger partial charge in [0.1, 0.15) is 5.54 Å². The minimum absolute atomic E-state index is 0.148. The summed E-state index contributed by atoms with van der Waals surface area (Å²) in [6, 6.07) is 9.84. The summed E-state index contributed by atoms with van der Waals surface area (Å²) in [5.41, 5.74) is -1.11. The molecule has 2 heterocycles. The highest BCUT2D eigenvalue weighted by Crippen LogP contribution is 2.34. The zero-order valence-corrected chi connectivity index (χ0v) is 15.6. The van der Waals surface area contributed by atoms with Gasteiger partial charge < -0.3 is 5.32 Å². The molecular formula is C19H22N4O4. The summed E-state index contributed by atoms with van der Waals surface area (Å²) in [7, 11) is 2.88. The predicted octanol–water partition coefficient (Wildman–Crippen LogP) is 0.831. The van der Waals surface area contributed by atoms with E-state index >= 15 is 0 Å². The lowest BCUT2D eigenvalue weighted by Crippen LogP contribution is -2.44. The molecule has 1 N–H and O–H groups in total. The average Bonchev–Trinajstić information content (AvgIpc) is 2.90. The van der Waals surface area contributed by atoms with Crippen LogP contribution in [0, 0.1) is 0 Å². The van der Waals surface area contributed by atoms with Crippen LogP contribution >= 0.6 is 0 Å². The van der Waals surface area contributed by atoms with Crippen LogP contribution in [0.4, 0.5) is 4.79 Å². The highest BCUT2D eigenvalue weighted by atomic mass is 16.2. The number of imide groups is 1. The molecule has 27 heavy (non-hydrogen) atoms. The lowest BCUT2D eigenvalue weighted by atomic mass is 9.85. The molecule has 1 atom stereocenters. The monoisotopic (exact) mass is 370 g/mol. The zero-order valence-electron chi connectivity index (χ0n) is 15.6. The Morgan fingerprint density at radius 1 is 1.00 bits per heavy atom. The standard InChI is InChI=1S/C19H22N4O4/c1-4-10-19(13-8-6-5-7-9-13)16(25)23(17(26)20-19)12-14-11-15(24)22(3)18(27)21(14)2/h5-9,11H,4,10,12H2,1-3H3,(H,20,26)/t19-/m0/s1. The fourth-order valence-electron chi connectivity index (χ4n) is 3.47. The molecule has 1 aromatic carbocycles. The van der Waals surface area contributed by atoms with Crippen molar-refractivity contribution in [2.24, 2.45) is 14.1 Å². The zero-order chi connectivity index (χ0) is 19.8. The molecule has 1 saturated heterocycles. The van der Waals surface area contributed by atoms with Crippen molar-refractivity contribution in [2.45, 2.75) is 31.8 Å². The first-order valence-electron chi connectivity index (χ1n) is 8.77. The number of urea groups is 1. The van der Waals surface area contributed by atoms with Crippen molar-refractivity contribution in [2.75, 3.05) is 0 Å². The Hall–Kier alpha value is -3.16. The third kappa shape index (κ3) is 2.97. The number of nitrogens with one attached hydrogen (secondary N) is 1. The topological polar surface area (TPSA) is 93.4 Å². The van der Waals surface area contributed by atoms with Crippen LogP contribution in [-0.2, 0) is 31.0 Å². The van der Waals surface area contributed by atoms with Crippen LogP contribution in [0.25, 0.3) is 0 Å². The Kier molecular flexibility index (Phi) is 4.73. The number of rotatable bonds is 5. The van der Waals surface area contributed by atoms with Gasteiger partial charge in [-0.1, -0.05) is 43.7 Å². The van der Waals surface area contributed by atoms with Crippen molar-refractivity contribution < 1.29 is 9.59 Å². The van der Waals surface area contributed by atoms with Gasteiger partial charge in [0.2, 0.25) is 0 Å². The van der Waals surface area contributed by atoms with Crippen LogP contribution in [0.5, 0.6) is 0 Å². The minimum atomic E-state index is -1.13. The molecule has 0 unspecified atom stereocenters. The lowest BCUT2D eigenvalue weighted by molar-refractivity contribution is -0.132. The summed E-state index contributed by atoms with van der Waals surface area (Å²) in [6.07, 6.45) is 1.15. The van der Waals surface area contributed by atoms with Gasteiger partial charge in [0.15, 0.2) is 0 Å². The van der Waals surface area contributed by atoms with E-state index in [0.29, 0.717) is 24.1 Å². The maximum absolute atomic E-state index is 13.3. The molecule has 1 fully saturated rings. The Morgan fingerprint density at radius 2 is 1.67 bits per heavy atom. The van der Waals surface area contributed by atoms with Gasteiger partial charge in [-0.05, 0) is 12.0 Å². The second kappa shape index (κ2) is 6.86. The number of carbonyl (C=O) groups excluding carboxylic acids is 2. The maximum atomic E-state index is 13.3. The van der Waals surface area contributed by atoms with Gasteiger partial charge >= 0.3 is 11.7 Å². The third-order valence-electron chi connectivity index (χ3n) is 5.01. The summed E-state index contributed by atoms with van der Waals surface area (Å²) >= 11 is 0. The quantitative estimate of drug-likeness (QED) is 0.789. The maximum Gasteiger partial charge on any atom is 0.330 e. The Morgan fingerprint density at radius 3 is 2.30 bits per heavy atom. The molecule has 0 spiro atoms. The van der Waals surface area contributed by atoms with E-state index in [1.807, 2.05) is 37.3 Å². The largest absolute Gasteiger partial charge is 0.330 e. The van der Waals surface area contributed by atoms with Crippen molar-refractivity contribution in [1.29, 1.82) is 0 Å². The molecule has 0 bridgehead atoms. The second-order valence-electron chi connectivity index (χ2n) is 6.72. The summed E-state index contributed by atoms with van der Waals surface area (Å²) < 4.78 is 2.24. The lowest BCUT2D eigenvalue weighted by Gasteiger charge is -2.27. The Labute approximate surface area is 156 Å².